The summed E-state index contributed by atoms with van der Waals surface area (Å²) in [7, 11) is 4.51. The summed E-state index contributed by atoms with van der Waals surface area (Å²) in [5, 5.41) is 41.0. The number of benzene rings is 2. The summed E-state index contributed by atoms with van der Waals surface area (Å²) in [6.07, 6.45) is -8.26. The van der Waals surface area contributed by atoms with Crippen LogP contribution in [0.4, 0.5) is 0 Å². The molecule has 4 N–H and O–H groups in total. The van der Waals surface area contributed by atoms with Gasteiger partial charge in [-0.25, -0.2) is 0 Å². The number of carbonyl (C=O) groups excluding carboxylic acids is 1. The second kappa shape index (κ2) is 10.8. The van der Waals surface area contributed by atoms with E-state index in [-0.39, 0.29) is 13.4 Å². The SMILES string of the molecule is COc1cc([C@@H]2c3cc4c(cc3[C@H](OC3O[C@H](CO)[C@H](O)[C@H](O)[C@H]3O)[C@H]3COC(=O)[C@H]23)OCO4)cc(OC)c1OC. The molecule has 2 fully saturated rings. The minimum atomic E-state index is -1.63. The Labute approximate surface area is 235 Å². The first-order chi connectivity index (χ1) is 19.8. The number of methoxy groups -OCH3 is 3. The molecule has 222 valence electrons. The van der Waals surface area contributed by atoms with Crippen molar-refractivity contribution in [1.82, 2.24) is 0 Å². The van der Waals surface area contributed by atoms with Crippen LogP contribution in [0.15, 0.2) is 24.3 Å². The molecule has 4 aliphatic rings. The second-order valence-corrected chi connectivity index (χ2v) is 10.3. The van der Waals surface area contributed by atoms with Gasteiger partial charge in [-0.2, -0.15) is 0 Å². The van der Waals surface area contributed by atoms with Gasteiger partial charge in [0, 0.05) is 11.8 Å². The van der Waals surface area contributed by atoms with E-state index in [4.69, 9.17) is 37.9 Å². The van der Waals surface area contributed by atoms with E-state index >= 15 is 0 Å². The van der Waals surface area contributed by atoms with E-state index < -0.39 is 67.1 Å². The van der Waals surface area contributed by atoms with Gasteiger partial charge in [-0.3, -0.25) is 4.79 Å². The maximum Gasteiger partial charge on any atom is 0.310 e. The molecule has 9 atom stereocenters. The van der Waals surface area contributed by atoms with Gasteiger partial charge in [-0.05, 0) is 41.0 Å². The van der Waals surface area contributed by atoms with E-state index in [9.17, 15) is 25.2 Å². The summed E-state index contributed by atoms with van der Waals surface area (Å²) in [6.45, 7) is -0.581. The van der Waals surface area contributed by atoms with E-state index in [0.717, 1.165) is 0 Å². The molecule has 1 unspecified atom stereocenters. The van der Waals surface area contributed by atoms with E-state index in [1.807, 2.05) is 0 Å². The number of rotatable bonds is 7. The first kappa shape index (κ1) is 27.8. The highest BCUT2D eigenvalue weighted by Crippen LogP contribution is 2.57. The Kier molecular flexibility index (Phi) is 7.34. The van der Waals surface area contributed by atoms with E-state index in [1.54, 1.807) is 24.3 Å². The Morgan fingerprint density at radius 1 is 0.854 bits per heavy atom. The van der Waals surface area contributed by atoms with Crippen molar-refractivity contribution in [3.05, 3.63) is 41.0 Å². The minimum absolute atomic E-state index is 0.0141. The van der Waals surface area contributed by atoms with Gasteiger partial charge < -0.3 is 58.3 Å². The van der Waals surface area contributed by atoms with Crippen LogP contribution in [0.1, 0.15) is 28.7 Å². The van der Waals surface area contributed by atoms with Gasteiger partial charge in [0.05, 0.1) is 46.6 Å². The van der Waals surface area contributed by atoms with Gasteiger partial charge >= 0.3 is 5.97 Å². The molecule has 0 bridgehead atoms. The monoisotopic (exact) mass is 576 g/mol. The van der Waals surface area contributed by atoms with Crippen LogP contribution < -0.4 is 23.7 Å². The van der Waals surface area contributed by atoms with Gasteiger partial charge in [0.2, 0.25) is 12.5 Å². The lowest BCUT2D eigenvalue weighted by Crippen LogP contribution is -2.59. The molecule has 0 amide bonds. The molecule has 2 aromatic rings. The number of fused-ring (bicyclic) bond motifs is 3. The predicted molar refractivity (Wildman–Crippen MR) is 136 cm³/mol. The van der Waals surface area contributed by atoms with E-state index in [2.05, 4.69) is 0 Å². The van der Waals surface area contributed by atoms with Crippen molar-refractivity contribution in [2.24, 2.45) is 11.8 Å². The summed E-state index contributed by atoms with van der Waals surface area (Å²) in [6, 6.07) is 7.11. The van der Waals surface area contributed by atoms with Crippen LogP contribution in [0.5, 0.6) is 28.7 Å². The molecule has 13 heteroatoms. The molecular formula is C28H32O13. The number of hydrogen-bond acceptors (Lipinski definition) is 13. The van der Waals surface area contributed by atoms with Crippen LogP contribution >= 0.6 is 0 Å². The van der Waals surface area contributed by atoms with Crippen LogP contribution in [0.2, 0.25) is 0 Å². The third-order valence-electron chi connectivity index (χ3n) is 8.29. The van der Waals surface area contributed by atoms with Crippen LogP contribution in [-0.2, 0) is 19.0 Å². The van der Waals surface area contributed by atoms with Gasteiger partial charge in [0.1, 0.15) is 24.4 Å². The lowest BCUT2D eigenvalue weighted by Gasteiger charge is -2.44. The first-order valence-electron chi connectivity index (χ1n) is 13.2. The fourth-order valence-electron chi connectivity index (χ4n) is 6.29. The maximum absolute atomic E-state index is 13.4. The Hall–Kier alpha value is -3.33. The van der Waals surface area contributed by atoms with E-state index in [1.165, 1.54) is 21.3 Å². The number of cyclic esters (lactones) is 1. The standard InChI is InChI=1S/C28H32O13/c1-34-17-4-11(5-18(35-2)26(17)36-3)20-12-6-15-16(39-10-38-15)7-13(12)25(14-9-37-27(33)21(14)20)41-28-24(32)23(31)22(30)19(8-29)40-28/h4-7,14,19-25,28-32H,8-10H2,1-3H3/t14-,19+,20+,21-,22-,23-,24+,25-,28?/m0/s1. The van der Waals surface area contributed by atoms with Crippen molar-refractivity contribution in [3.8, 4) is 28.7 Å². The number of carbonyl (C=O) groups is 1. The highest BCUT2D eigenvalue weighted by molar-refractivity contribution is 5.79. The van der Waals surface area contributed by atoms with Gasteiger partial charge in [-0.15, -0.1) is 0 Å². The van der Waals surface area contributed by atoms with Crippen molar-refractivity contribution in [3.63, 3.8) is 0 Å². The van der Waals surface area contributed by atoms with Crippen LogP contribution in [0.3, 0.4) is 0 Å². The topological polar surface area (TPSA) is 172 Å². The average molecular weight is 577 g/mol. The minimum Gasteiger partial charge on any atom is -0.493 e. The van der Waals surface area contributed by atoms with Crippen molar-refractivity contribution in [2.45, 2.75) is 42.7 Å². The molecule has 3 heterocycles. The maximum atomic E-state index is 13.4. The number of aliphatic hydroxyl groups is 4. The Morgan fingerprint density at radius 2 is 1.51 bits per heavy atom. The molecule has 0 saturated carbocycles. The Morgan fingerprint density at radius 3 is 2.12 bits per heavy atom. The van der Waals surface area contributed by atoms with Crippen LogP contribution in [0.25, 0.3) is 0 Å². The number of aliphatic hydroxyl groups excluding tert-OH is 4. The van der Waals surface area contributed by atoms with E-state index in [0.29, 0.717) is 45.4 Å². The largest absolute Gasteiger partial charge is 0.493 e. The number of hydrogen-bond donors (Lipinski definition) is 4. The zero-order valence-electron chi connectivity index (χ0n) is 22.6. The highest BCUT2D eigenvalue weighted by atomic mass is 16.7. The molecule has 13 nitrogen and oxygen atoms in total. The van der Waals surface area contributed by atoms with Gasteiger partial charge in [-0.1, -0.05) is 0 Å². The Bertz CT molecular complexity index is 1290. The summed E-state index contributed by atoms with van der Waals surface area (Å²) in [5.41, 5.74) is 2.00. The van der Waals surface area contributed by atoms with Crippen LogP contribution in [-0.4, -0.2) is 98.4 Å². The zero-order valence-corrected chi connectivity index (χ0v) is 22.6. The molecule has 0 radical (unpaired) electrons. The number of ether oxygens (including phenoxy) is 8. The smallest absolute Gasteiger partial charge is 0.310 e. The molecule has 6 rings (SSSR count). The van der Waals surface area contributed by atoms with Gasteiger partial charge in [0.15, 0.2) is 29.3 Å². The van der Waals surface area contributed by atoms with Crippen molar-refractivity contribution >= 4 is 5.97 Å². The quantitative estimate of drug-likeness (QED) is 0.331. The summed E-state index contributed by atoms with van der Waals surface area (Å²) in [5.74, 6) is -0.112. The first-order valence-corrected chi connectivity index (χ1v) is 13.2. The molecule has 3 aliphatic heterocycles. The fourth-order valence-corrected chi connectivity index (χ4v) is 6.29. The van der Waals surface area contributed by atoms with Crippen molar-refractivity contribution < 1.29 is 63.1 Å². The predicted octanol–water partition coefficient (Wildman–Crippen LogP) is 0.233. The van der Waals surface area contributed by atoms with Crippen molar-refractivity contribution in [2.75, 3.05) is 41.3 Å². The third kappa shape index (κ3) is 4.44. The highest BCUT2D eigenvalue weighted by Gasteiger charge is 2.55. The molecule has 1 aliphatic carbocycles. The summed E-state index contributed by atoms with van der Waals surface area (Å²) < 4.78 is 45.5. The molecular weight excluding hydrogens is 544 g/mol. The lowest BCUT2D eigenvalue weighted by molar-refractivity contribution is -0.317. The summed E-state index contributed by atoms with van der Waals surface area (Å²) >= 11 is 0. The third-order valence-corrected chi connectivity index (χ3v) is 8.29. The molecule has 0 spiro atoms. The van der Waals surface area contributed by atoms with Crippen molar-refractivity contribution in [1.29, 1.82) is 0 Å². The molecule has 2 aromatic carbocycles. The lowest BCUT2D eigenvalue weighted by atomic mass is 9.66. The summed E-state index contributed by atoms with van der Waals surface area (Å²) in [4.78, 5) is 13.4. The second-order valence-electron chi connectivity index (χ2n) is 10.3. The number of esters is 1. The fraction of sp³-hybridized carbons (Fsp3) is 0.536. The average Bonchev–Trinajstić information content (AvgIpc) is 3.61. The van der Waals surface area contributed by atoms with Gasteiger partial charge in [0.25, 0.3) is 0 Å². The molecule has 2 saturated heterocycles. The molecule has 0 aromatic heterocycles. The Balaban J connectivity index is 1.49. The normalized spacial score (nSPS) is 33.5. The zero-order chi connectivity index (χ0) is 29.0. The van der Waals surface area contributed by atoms with Crippen LogP contribution in [0, 0.1) is 11.8 Å². The molecule has 41 heavy (non-hydrogen) atoms.